The first-order chi connectivity index (χ1) is 27.7. The fourth-order valence-electron chi connectivity index (χ4n) is 7.41. The quantitative estimate of drug-likeness (QED) is 0.169. The number of furan rings is 1. The molecule has 0 bridgehead atoms. The van der Waals surface area contributed by atoms with Gasteiger partial charge >= 0.3 is 0 Å². The Balaban J connectivity index is 1.06. The van der Waals surface area contributed by atoms with Crippen molar-refractivity contribution in [1.29, 1.82) is 0 Å². The van der Waals surface area contributed by atoms with Crippen LogP contribution in [0.3, 0.4) is 0 Å². The van der Waals surface area contributed by atoms with E-state index in [4.69, 9.17) is 29.3 Å². The molecule has 56 heavy (non-hydrogen) atoms. The van der Waals surface area contributed by atoms with Gasteiger partial charge in [-0.25, -0.2) is 24.9 Å². The lowest BCUT2D eigenvalue weighted by Gasteiger charge is -2.08. The number of benzene rings is 7. The van der Waals surface area contributed by atoms with Gasteiger partial charge in [-0.1, -0.05) is 152 Å². The lowest BCUT2D eigenvalue weighted by atomic mass is 10.0. The van der Waals surface area contributed by atoms with E-state index < -0.39 is 0 Å². The van der Waals surface area contributed by atoms with Crippen LogP contribution in [0.25, 0.3) is 110 Å². The number of para-hydroxylation sites is 1. The van der Waals surface area contributed by atoms with Crippen LogP contribution in [-0.4, -0.2) is 24.9 Å². The highest BCUT2D eigenvalue weighted by Crippen LogP contribution is 2.42. The first-order valence-electron chi connectivity index (χ1n) is 18.4. The average Bonchev–Trinajstić information content (AvgIpc) is 3.85. The molecular formula is C49H29N5OS. The molecule has 4 heterocycles. The fraction of sp³-hybridized carbons (Fsp3) is 0. The summed E-state index contributed by atoms with van der Waals surface area (Å²) in [7, 11) is 0. The molecule has 0 atom stereocenters. The molecule has 0 aliphatic rings. The van der Waals surface area contributed by atoms with Gasteiger partial charge < -0.3 is 4.42 Å². The molecule has 0 unspecified atom stereocenters. The van der Waals surface area contributed by atoms with Crippen LogP contribution in [-0.2, 0) is 0 Å². The molecule has 262 valence electrons. The van der Waals surface area contributed by atoms with Crippen molar-refractivity contribution in [2.45, 2.75) is 0 Å². The summed E-state index contributed by atoms with van der Waals surface area (Å²) in [5.41, 5.74) is 10.1. The Labute approximate surface area is 325 Å². The number of rotatable bonds is 6. The van der Waals surface area contributed by atoms with Gasteiger partial charge in [0.1, 0.15) is 16.8 Å². The Bertz CT molecular complexity index is 3180. The maximum Gasteiger partial charge on any atom is 0.180 e. The van der Waals surface area contributed by atoms with Gasteiger partial charge in [-0.3, -0.25) is 0 Å². The lowest BCUT2D eigenvalue weighted by molar-refractivity contribution is 0.667. The highest BCUT2D eigenvalue weighted by Gasteiger charge is 2.21. The smallest absolute Gasteiger partial charge is 0.180 e. The molecule has 0 radical (unpaired) electrons. The zero-order valence-electron chi connectivity index (χ0n) is 29.8. The maximum absolute atomic E-state index is 6.47. The molecule has 0 fully saturated rings. The van der Waals surface area contributed by atoms with E-state index in [1.54, 1.807) is 11.3 Å². The second-order valence-electron chi connectivity index (χ2n) is 13.6. The van der Waals surface area contributed by atoms with Crippen LogP contribution in [0.2, 0.25) is 0 Å². The van der Waals surface area contributed by atoms with E-state index in [0.29, 0.717) is 28.9 Å². The van der Waals surface area contributed by atoms with Crippen molar-refractivity contribution in [1.82, 2.24) is 24.9 Å². The summed E-state index contributed by atoms with van der Waals surface area (Å²) >= 11 is 1.73. The van der Waals surface area contributed by atoms with Crippen LogP contribution in [0.4, 0.5) is 0 Å². The Kier molecular flexibility index (Phi) is 7.57. The number of nitrogens with zero attached hydrogens (tertiary/aromatic N) is 5. The molecular weight excluding hydrogens is 707 g/mol. The molecule has 0 spiro atoms. The van der Waals surface area contributed by atoms with Gasteiger partial charge in [-0.15, -0.1) is 11.3 Å². The van der Waals surface area contributed by atoms with Crippen LogP contribution < -0.4 is 0 Å². The van der Waals surface area contributed by atoms with Crippen molar-refractivity contribution in [3.05, 3.63) is 176 Å². The summed E-state index contributed by atoms with van der Waals surface area (Å²) < 4.78 is 8.71. The maximum atomic E-state index is 6.47. The zero-order valence-corrected chi connectivity index (χ0v) is 30.6. The van der Waals surface area contributed by atoms with E-state index in [-0.39, 0.29) is 0 Å². The topological polar surface area (TPSA) is 77.6 Å². The lowest BCUT2D eigenvalue weighted by Crippen LogP contribution is -1.99. The molecule has 0 N–H and O–H groups in total. The van der Waals surface area contributed by atoms with Gasteiger partial charge in [0.25, 0.3) is 0 Å². The molecule has 4 aromatic heterocycles. The normalized spacial score (nSPS) is 11.6. The Morgan fingerprint density at radius 1 is 0.375 bits per heavy atom. The zero-order chi connectivity index (χ0) is 37.0. The monoisotopic (exact) mass is 735 g/mol. The molecule has 7 heteroatoms. The Morgan fingerprint density at radius 2 is 0.929 bits per heavy atom. The van der Waals surface area contributed by atoms with Crippen molar-refractivity contribution < 1.29 is 4.42 Å². The van der Waals surface area contributed by atoms with Gasteiger partial charge in [-0.2, -0.15) is 0 Å². The minimum Gasteiger partial charge on any atom is -0.452 e. The summed E-state index contributed by atoms with van der Waals surface area (Å²) in [5, 5.41) is 3.26. The number of fused-ring (bicyclic) bond motifs is 6. The Hall–Kier alpha value is -7.35. The minimum atomic E-state index is 0.626. The fourth-order valence-corrected chi connectivity index (χ4v) is 8.66. The van der Waals surface area contributed by atoms with E-state index in [1.165, 1.54) is 5.56 Å². The van der Waals surface area contributed by atoms with Crippen molar-refractivity contribution in [2.75, 3.05) is 0 Å². The van der Waals surface area contributed by atoms with Crippen molar-refractivity contribution in [2.24, 2.45) is 0 Å². The third-order valence-corrected chi connectivity index (χ3v) is 11.4. The van der Waals surface area contributed by atoms with E-state index >= 15 is 0 Å². The molecule has 11 rings (SSSR count). The van der Waals surface area contributed by atoms with Crippen molar-refractivity contribution >= 4 is 53.6 Å². The van der Waals surface area contributed by atoms with Crippen LogP contribution >= 0.6 is 11.3 Å². The molecule has 0 aliphatic heterocycles. The summed E-state index contributed by atoms with van der Waals surface area (Å²) in [6.07, 6.45) is 0. The van der Waals surface area contributed by atoms with Crippen LogP contribution in [0.5, 0.6) is 0 Å². The number of aromatic nitrogens is 5. The second-order valence-corrected chi connectivity index (χ2v) is 14.7. The molecule has 6 nitrogen and oxygen atoms in total. The summed E-state index contributed by atoms with van der Waals surface area (Å²) in [6.45, 7) is 0. The van der Waals surface area contributed by atoms with Crippen molar-refractivity contribution in [3.63, 3.8) is 0 Å². The standard InChI is InChI=1S/C49H29N5OS/c1-4-13-30(14-5-1)31-23-25-32(26-24-31)42-44-43(38-19-10-11-22-40(38)55-44)51-49(50-42)39-21-12-20-37-36-28-27-35(29-41(36)56-45(37)39)48-53-46(33-15-6-2-7-16-33)52-47(54-48)34-17-8-3-9-18-34/h1-29H. The van der Waals surface area contributed by atoms with Crippen molar-refractivity contribution in [3.8, 4) is 67.9 Å². The van der Waals surface area contributed by atoms with E-state index in [9.17, 15) is 0 Å². The predicted octanol–water partition coefficient (Wildman–Crippen LogP) is 12.9. The summed E-state index contributed by atoms with van der Waals surface area (Å²) in [5.74, 6) is 2.55. The first kappa shape index (κ1) is 32.1. The largest absolute Gasteiger partial charge is 0.452 e. The van der Waals surface area contributed by atoms with Gasteiger partial charge in [0.05, 0.1) is 0 Å². The van der Waals surface area contributed by atoms with Gasteiger partial charge in [0, 0.05) is 53.4 Å². The van der Waals surface area contributed by atoms with Crippen LogP contribution in [0.15, 0.2) is 180 Å². The third-order valence-electron chi connectivity index (χ3n) is 10.2. The summed E-state index contributed by atoms with van der Waals surface area (Å²) in [6, 6.07) is 60.0. The molecule has 0 saturated carbocycles. The van der Waals surface area contributed by atoms with Gasteiger partial charge in [-0.05, 0) is 35.4 Å². The highest BCUT2D eigenvalue weighted by molar-refractivity contribution is 7.26. The number of thiophene rings is 1. The van der Waals surface area contributed by atoms with E-state index in [2.05, 4.69) is 91.0 Å². The van der Waals surface area contributed by atoms with Crippen LogP contribution in [0.1, 0.15) is 0 Å². The first-order valence-corrected chi connectivity index (χ1v) is 19.2. The molecule has 0 saturated heterocycles. The third kappa shape index (κ3) is 5.52. The average molecular weight is 736 g/mol. The van der Waals surface area contributed by atoms with E-state index in [1.807, 2.05) is 84.9 Å². The number of hydrogen-bond acceptors (Lipinski definition) is 7. The number of hydrogen-bond donors (Lipinski definition) is 0. The summed E-state index contributed by atoms with van der Waals surface area (Å²) in [4.78, 5) is 25.4. The van der Waals surface area contributed by atoms with Gasteiger partial charge in [0.15, 0.2) is 28.9 Å². The molecule has 0 aliphatic carbocycles. The molecule has 7 aromatic carbocycles. The Morgan fingerprint density at radius 3 is 1.62 bits per heavy atom. The van der Waals surface area contributed by atoms with Gasteiger partial charge in [0.2, 0.25) is 0 Å². The molecule has 11 aromatic rings. The minimum absolute atomic E-state index is 0.626. The highest BCUT2D eigenvalue weighted by atomic mass is 32.1. The SMILES string of the molecule is c1ccc(-c2ccc(-c3nc(-c4cccc5c4sc4cc(-c6nc(-c7ccccc7)nc(-c7ccccc7)n6)ccc45)nc4c3oc3ccccc34)cc2)cc1. The molecule has 0 amide bonds. The van der Waals surface area contributed by atoms with Crippen LogP contribution in [0, 0.1) is 0 Å². The predicted molar refractivity (Wildman–Crippen MR) is 228 cm³/mol. The van der Waals surface area contributed by atoms with E-state index in [0.717, 1.165) is 75.7 Å². The second kappa shape index (κ2) is 13.2.